The molecule has 0 radical (unpaired) electrons. The van der Waals surface area contributed by atoms with Crippen LogP contribution < -0.4 is 0 Å². The lowest BCUT2D eigenvalue weighted by Crippen LogP contribution is -2.35. The van der Waals surface area contributed by atoms with Crippen LogP contribution in [0.5, 0.6) is 0 Å². The highest BCUT2D eigenvalue weighted by Gasteiger charge is 2.36. The van der Waals surface area contributed by atoms with E-state index in [1.807, 2.05) is 11.0 Å². The Morgan fingerprint density at radius 2 is 1.66 bits per heavy atom. The van der Waals surface area contributed by atoms with Gasteiger partial charge in [0.15, 0.2) is 0 Å². The quantitative estimate of drug-likeness (QED) is 0.403. The number of β-amino-alcohol motifs (C(OH)–C–C–N with tert-alkyl or cyclic N) is 1. The number of fused-ring (bicyclic) bond motifs is 4. The molecule has 0 aromatic heterocycles. The number of carboxylic acid groups (broad SMARTS) is 1. The molecule has 2 unspecified atom stereocenters. The third kappa shape index (κ3) is 2.87. The number of aryl methyl sites for hydroxylation is 1. The molecule has 1 aliphatic rings. The number of hydrogen-bond donors (Lipinski definition) is 2. The fraction of sp³-hybridized carbons (Fsp3) is 0.240. The SMILES string of the molecule is Cc1c2ccccc2c(CN2CC(O)CC2C(=O)O)c2ccc3ccccc3c12. The van der Waals surface area contributed by atoms with Gasteiger partial charge in [-0.05, 0) is 50.4 Å². The van der Waals surface area contributed by atoms with E-state index >= 15 is 0 Å². The smallest absolute Gasteiger partial charge is 0.321 e. The van der Waals surface area contributed by atoms with E-state index in [0.29, 0.717) is 13.1 Å². The molecule has 1 saturated heterocycles. The van der Waals surface area contributed by atoms with Crippen molar-refractivity contribution < 1.29 is 15.0 Å². The lowest BCUT2D eigenvalue weighted by molar-refractivity contribution is -0.142. The Labute approximate surface area is 169 Å². The average molecular weight is 385 g/mol. The Kier molecular flexibility index (Phi) is 4.26. The number of likely N-dealkylation sites (tertiary alicyclic amines) is 1. The van der Waals surface area contributed by atoms with E-state index in [2.05, 4.69) is 61.5 Å². The molecule has 1 heterocycles. The predicted molar refractivity (Wildman–Crippen MR) is 116 cm³/mol. The summed E-state index contributed by atoms with van der Waals surface area (Å²) >= 11 is 0. The van der Waals surface area contributed by atoms with Crippen LogP contribution >= 0.6 is 0 Å². The zero-order valence-corrected chi connectivity index (χ0v) is 16.3. The fourth-order valence-electron chi connectivity index (χ4n) is 4.96. The number of aliphatic hydroxyl groups is 1. The Balaban J connectivity index is 1.80. The van der Waals surface area contributed by atoms with Crippen molar-refractivity contribution in [2.75, 3.05) is 6.54 Å². The van der Waals surface area contributed by atoms with Gasteiger partial charge >= 0.3 is 5.97 Å². The van der Waals surface area contributed by atoms with Crippen molar-refractivity contribution in [2.45, 2.75) is 32.0 Å². The molecule has 2 N–H and O–H groups in total. The molecule has 29 heavy (non-hydrogen) atoms. The summed E-state index contributed by atoms with van der Waals surface area (Å²) in [5, 5.41) is 26.9. The van der Waals surface area contributed by atoms with Gasteiger partial charge in [0, 0.05) is 19.5 Å². The molecule has 0 aliphatic carbocycles. The second-order valence-electron chi connectivity index (χ2n) is 8.03. The van der Waals surface area contributed by atoms with E-state index in [4.69, 9.17) is 0 Å². The van der Waals surface area contributed by atoms with E-state index in [9.17, 15) is 15.0 Å². The largest absolute Gasteiger partial charge is 0.480 e. The van der Waals surface area contributed by atoms with Crippen molar-refractivity contribution in [3.63, 3.8) is 0 Å². The first-order valence-corrected chi connectivity index (χ1v) is 10.0. The summed E-state index contributed by atoms with van der Waals surface area (Å²) in [6.07, 6.45) is -0.320. The minimum atomic E-state index is -0.868. The summed E-state index contributed by atoms with van der Waals surface area (Å²) in [5.74, 6) is -0.868. The van der Waals surface area contributed by atoms with Crippen LogP contribution in [0.2, 0.25) is 0 Å². The zero-order chi connectivity index (χ0) is 20.1. The number of hydrogen-bond acceptors (Lipinski definition) is 3. The Hall–Kier alpha value is -2.95. The van der Waals surface area contributed by atoms with Gasteiger partial charge < -0.3 is 10.2 Å². The molecule has 4 heteroatoms. The minimum Gasteiger partial charge on any atom is -0.480 e. The molecule has 1 aliphatic heterocycles. The molecule has 0 saturated carbocycles. The summed E-state index contributed by atoms with van der Waals surface area (Å²) in [6, 6.07) is 20.4. The van der Waals surface area contributed by atoms with Crippen LogP contribution in [0.3, 0.4) is 0 Å². The highest BCUT2D eigenvalue weighted by atomic mass is 16.4. The number of aliphatic carboxylic acids is 1. The summed E-state index contributed by atoms with van der Waals surface area (Å²) in [6.45, 7) is 3.05. The number of carbonyl (C=O) groups is 1. The zero-order valence-electron chi connectivity index (χ0n) is 16.3. The topological polar surface area (TPSA) is 60.8 Å². The van der Waals surface area contributed by atoms with Gasteiger partial charge in [0.05, 0.1) is 6.10 Å². The molecule has 0 bridgehead atoms. The molecule has 0 spiro atoms. The van der Waals surface area contributed by atoms with Gasteiger partial charge in [-0.1, -0.05) is 60.7 Å². The maximum atomic E-state index is 11.8. The van der Waals surface area contributed by atoms with E-state index in [1.54, 1.807) is 0 Å². The molecular formula is C25H23NO3. The van der Waals surface area contributed by atoms with E-state index in [-0.39, 0.29) is 6.42 Å². The van der Waals surface area contributed by atoms with Crippen LogP contribution in [0, 0.1) is 6.92 Å². The highest BCUT2D eigenvalue weighted by molar-refractivity contribution is 6.16. The molecule has 4 aromatic carbocycles. The van der Waals surface area contributed by atoms with Crippen molar-refractivity contribution in [1.82, 2.24) is 4.90 Å². The normalized spacial score (nSPS) is 20.1. The molecule has 4 aromatic rings. The van der Waals surface area contributed by atoms with Crippen LogP contribution in [0.1, 0.15) is 17.5 Å². The van der Waals surface area contributed by atoms with Crippen molar-refractivity contribution in [3.05, 3.63) is 71.8 Å². The monoisotopic (exact) mass is 385 g/mol. The molecule has 5 rings (SSSR count). The fourth-order valence-corrected chi connectivity index (χ4v) is 4.96. The molecular weight excluding hydrogens is 362 g/mol. The Bertz CT molecular complexity index is 1260. The van der Waals surface area contributed by atoms with Gasteiger partial charge in [-0.2, -0.15) is 0 Å². The van der Waals surface area contributed by atoms with Crippen LogP contribution in [0.4, 0.5) is 0 Å². The number of benzene rings is 4. The van der Waals surface area contributed by atoms with Crippen LogP contribution in [-0.2, 0) is 11.3 Å². The summed E-state index contributed by atoms with van der Waals surface area (Å²) in [7, 11) is 0. The van der Waals surface area contributed by atoms with E-state index in [1.165, 1.54) is 27.1 Å². The second-order valence-corrected chi connectivity index (χ2v) is 8.03. The van der Waals surface area contributed by atoms with Crippen molar-refractivity contribution in [2.24, 2.45) is 0 Å². The Morgan fingerprint density at radius 1 is 0.966 bits per heavy atom. The summed E-state index contributed by atoms with van der Waals surface area (Å²) in [4.78, 5) is 13.7. The lowest BCUT2D eigenvalue weighted by Gasteiger charge is -2.24. The van der Waals surface area contributed by atoms with Crippen LogP contribution in [0.25, 0.3) is 32.3 Å². The first-order chi connectivity index (χ1) is 14.0. The predicted octanol–water partition coefficient (Wildman–Crippen LogP) is 4.47. The van der Waals surface area contributed by atoms with Gasteiger partial charge in [-0.15, -0.1) is 0 Å². The number of rotatable bonds is 3. The van der Waals surface area contributed by atoms with Gasteiger partial charge in [0.25, 0.3) is 0 Å². The maximum Gasteiger partial charge on any atom is 0.321 e. The minimum absolute atomic E-state index is 0.278. The third-order valence-electron chi connectivity index (χ3n) is 6.31. The van der Waals surface area contributed by atoms with Crippen molar-refractivity contribution in [3.8, 4) is 0 Å². The molecule has 4 nitrogen and oxygen atoms in total. The molecule has 146 valence electrons. The molecule has 0 amide bonds. The van der Waals surface area contributed by atoms with Crippen molar-refractivity contribution >= 4 is 38.3 Å². The van der Waals surface area contributed by atoms with E-state index in [0.717, 1.165) is 16.3 Å². The summed E-state index contributed by atoms with van der Waals surface area (Å²) < 4.78 is 0. The van der Waals surface area contributed by atoms with E-state index < -0.39 is 18.1 Å². The molecule has 2 atom stereocenters. The highest BCUT2D eigenvalue weighted by Crippen LogP contribution is 2.38. The van der Waals surface area contributed by atoms with Gasteiger partial charge in [0.2, 0.25) is 0 Å². The third-order valence-corrected chi connectivity index (χ3v) is 6.31. The van der Waals surface area contributed by atoms with Gasteiger partial charge in [0.1, 0.15) is 6.04 Å². The Morgan fingerprint density at radius 3 is 2.41 bits per heavy atom. The lowest BCUT2D eigenvalue weighted by atomic mass is 9.89. The van der Waals surface area contributed by atoms with Gasteiger partial charge in [-0.25, -0.2) is 0 Å². The van der Waals surface area contributed by atoms with Crippen molar-refractivity contribution in [1.29, 1.82) is 0 Å². The van der Waals surface area contributed by atoms with Gasteiger partial charge in [-0.3, -0.25) is 9.69 Å². The second kappa shape index (κ2) is 6.83. The summed E-state index contributed by atoms with van der Waals surface area (Å²) in [5.41, 5.74) is 2.37. The first kappa shape index (κ1) is 18.1. The number of aliphatic hydroxyl groups excluding tert-OH is 1. The molecule has 1 fully saturated rings. The van der Waals surface area contributed by atoms with Crippen LogP contribution in [-0.4, -0.2) is 39.8 Å². The maximum absolute atomic E-state index is 11.8. The van der Waals surface area contributed by atoms with Crippen LogP contribution in [0.15, 0.2) is 60.7 Å². The number of carboxylic acids is 1. The average Bonchev–Trinajstić information content (AvgIpc) is 3.11. The first-order valence-electron chi connectivity index (χ1n) is 10.0. The standard InChI is InChI=1S/C25H23NO3/c1-15-18-7-4-5-9-20(18)22(14-26-13-17(27)12-23(26)25(28)29)21-11-10-16-6-2-3-8-19(16)24(15)21/h2-11,17,23,27H,12-14H2,1H3,(H,28,29). The number of nitrogens with zero attached hydrogens (tertiary/aromatic N) is 1.